The highest BCUT2D eigenvalue weighted by atomic mass is 16.6. The molecule has 19 heavy (non-hydrogen) atoms. The zero-order valence-electron chi connectivity index (χ0n) is 9.74. The fourth-order valence-corrected chi connectivity index (χ4v) is 1.59. The van der Waals surface area contributed by atoms with Gasteiger partial charge in [-0.05, 0) is 24.3 Å². The normalized spacial score (nSPS) is 9.89. The van der Waals surface area contributed by atoms with Crippen molar-refractivity contribution in [3.63, 3.8) is 0 Å². The number of hydrogen-bond donors (Lipinski definition) is 2. The topological polar surface area (TPSA) is 92.5 Å². The lowest BCUT2D eigenvalue weighted by Gasteiger charge is -2.06. The number of aromatic hydroxyl groups is 1. The Morgan fingerprint density at radius 3 is 2.47 bits per heavy atom. The summed E-state index contributed by atoms with van der Waals surface area (Å²) < 4.78 is 0. The van der Waals surface area contributed by atoms with Crippen LogP contribution in [-0.2, 0) is 0 Å². The van der Waals surface area contributed by atoms with Gasteiger partial charge in [0.15, 0.2) is 0 Å². The Morgan fingerprint density at radius 1 is 1.16 bits per heavy atom. The number of para-hydroxylation sites is 1. The fourth-order valence-electron chi connectivity index (χ4n) is 1.59. The molecule has 2 rings (SSSR count). The van der Waals surface area contributed by atoms with Gasteiger partial charge in [0.05, 0.1) is 4.92 Å². The number of hydrogen-bond acceptors (Lipinski definition) is 4. The number of benzene rings is 2. The summed E-state index contributed by atoms with van der Waals surface area (Å²) >= 11 is 0. The zero-order chi connectivity index (χ0) is 13.8. The summed E-state index contributed by atoms with van der Waals surface area (Å²) in [6, 6.07) is 11.9. The molecular weight excluding hydrogens is 248 g/mol. The maximum absolute atomic E-state index is 12.0. The molecule has 0 spiro atoms. The smallest absolute Gasteiger partial charge is 0.282 e. The standard InChI is InChI=1S/C13H10N2O4/c16-10-6-7-12(15(18)19)11(8-10)13(17)14-9-4-2-1-3-5-9/h1-8,16H,(H,14,17). The van der Waals surface area contributed by atoms with Crippen molar-refractivity contribution in [2.75, 3.05) is 5.32 Å². The molecule has 0 heterocycles. The molecule has 0 fully saturated rings. The van der Waals surface area contributed by atoms with Gasteiger partial charge < -0.3 is 10.4 Å². The van der Waals surface area contributed by atoms with Gasteiger partial charge in [-0.1, -0.05) is 18.2 Å². The van der Waals surface area contributed by atoms with Crippen LogP contribution in [0.25, 0.3) is 0 Å². The number of carbonyl (C=O) groups is 1. The molecule has 0 saturated heterocycles. The van der Waals surface area contributed by atoms with Crippen molar-refractivity contribution < 1.29 is 14.8 Å². The highest BCUT2D eigenvalue weighted by Gasteiger charge is 2.20. The van der Waals surface area contributed by atoms with E-state index in [1.807, 2.05) is 0 Å². The van der Waals surface area contributed by atoms with E-state index in [9.17, 15) is 20.0 Å². The molecule has 6 heteroatoms. The van der Waals surface area contributed by atoms with Crippen molar-refractivity contribution in [3.8, 4) is 5.75 Å². The van der Waals surface area contributed by atoms with E-state index in [0.717, 1.165) is 18.2 Å². The number of amides is 1. The third kappa shape index (κ3) is 2.86. The van der Waals surface area contributed by atoms with Gasteiger partial charge in [-0.15, -0.1) is 0 Å². The van der Waals surface area contributed by atoms with Crippen LogP contribution < -0.4 is 5.32 Å². The fraction of sp³-hybridized carbons (Fsp3) is 0. The molecule has 96 valence electrons. The summed E-state index contributed by atoms with van der Waals surface area (Å²) in [5.41, 5.74) is -0.0229. The van der Waals surface area contributed by atoms with E-state index in [-0.39, 0.29) is 17.0 Å². The van der Waals surface area contributed by atoms with Crippen LogP contribution in [0.2, 0.25) is 0 Å². The summed E-state index contributed by atoms with van der Waals surface area (Å²) in [6.45, 7) is 0. The lowest BCUT2D eigenvalue weighted by Crippen LogP contribution is -2.13. The SMILES string of the molecule is O=C(Nc1ccccc1)c1cc(O)ccc1[N+](=O)[O-]. The lowest BCUT2D eigenvalue weighted by atomic mass is 10.1. The average Bonchev–Trinajstić information content (AvgIpc) is 2.39. The quantitative estimate of drug-likeness (QED) is 0.653. The van der Waals surface area contributed by atoms with Crippen molar-refractivity contribution in [3.05, 3.63) is 64.2 Å². The van der Waals surface area contributed by atoms with Crippen LogP contribution >= 0.6 is 0 Å². The Kier molecular flexibility index (Phi) is 3.42. The summed E-state index contributed by atoms with van der Waals surface area (Å²) in [7, 11) is 0. The molecule has 0 saturated carbocycles. The first-order chi connectivity index (χ1) is 9.08. The van der Waals surface area contributed by atoms with E-state index >= 15 is 0 Å². The van der Waals surface area contributed by atoms with Crippen LogP contribution in [0.3, 0.4) is 0 Å². The molecule has 0 radical (unpaired) electrons. The van der Waals surface area contributed by atoms with Crippen LogP contribution in [0.5, 0.6) is 5.75 Å². The molecule has 1 amide bonds. The van der Waals surface area contributed by atoms with Gasteiger partial charge in [0, 0.05) is 11.8 Å². The number of anilines is 1. The Balaban J connectivity index is 2.33. The number of carbonyl (C=O) groups excluding carboxylic acids is 1. The summed E-state index contributed by atoms with van der Waals surface area (Å²) in [4.78, 5) is 22.1. The molecule has 0 aromatic heterocycles. The molecular formula is C13H10N2O4. The second-order valence-electron chi connectivity index (χ2n) is 3.78. The van der Waals surface area contributed by atoms with Gasteiger partial charge >= 0.3 is 0 Å². The van der Waals surface area contributed by atoms with Crippen molar-refractivity contribution in [2.24, 2.45) is 0 Å². The number of nitrogens with one attached hydrogen (secondary N) is 1. The Morgan fingerprint density at radius 2 is 1.84 bits per heavy atom. The predicted octanol–water partition coefficient (Wildman–Crippen LogP) is 2.55. The van der Waals surface area contributed by atoms with Crippen LogP contribution in [0.4, 0.5) is 11.4 Å². The number of phenols is 1. The largest absolute Gasteiger partial charge is 0.508 e. The molecule has 0 unspecified atom stereocenters. The Bertz CT molecular complexity index is 626. The van der Waals surface area contributed by atoms with Crippen molar-refractivity contribution in [2.45, 2.75) is 0 Å². The zero-order valence-corrected chi connectivity index (χ0v) is 9.74. The molecule has 0 bridgehead atoms. The molecule has 6 nitrogen and oxygen atoms in total. The van der Waals surface area contributed by atoms with Crippen molar-refractivity contribution in [1.82, 2.24) is 0 Å². The summed E-state index contributed by atoms with van der Waals surface area (Å²) in [5.74, 6) is -0.849. The van der Waals surface area contributed by atoms with Gasteiger partial charge in [-0.2, -0.15) is 0 Å². The first-order valence-electron chi connectivity index (χ1n) is 5.42. The van der Waals surface area contributed by atoms with Crippen LogP contribution in [0.1, 0.15) is 10.4 Å². The van der Waals surface area contributed by atoms with Crippen LogP contribution in [0.15, 0.2) is 48.5 Å². The number of rotatable bonds is 3. The summed E-state index contributed by atoms with van der Waals surface area (Å²) in [6.07, 6.45) is 0. The van der Waals surface area contributed by atoms with Gasteiger partial charge in [-0.25, -0.2) is 0 Å². The van der Waals surface area contributed by atoms with E-state index in [4.69, 9.17) is 0 Å². The van der Waals surface area contributed by atoms with E-state index < -0.39 is 10.8 Å². The summed E-state index contributed by atoms with van der Waals surface area (Å²) in [5, 5.41) is 22.7. The lowest BCUT2D eigenvalue weighted by molar-refractivity contribution is -0.385. The van der Waals surface area contributed by atoms with Gasteiger partial charge in [0.1, 0.15) is 11.3 Å². The number of nitrogens with zero attached hydrogens (tertiary/aromatic N) is 1. The highest BCUT2D eigenvalue weighted by Crippen LogP contribution is 2.24. The molecule has 2 N–H and O–H groups in total. The number of nitro groups is 1. The van der Waals surface area contributed by atoms with Gasteiger partial charge in [0.2, 0.25) is 0 Å². The predicted molar refractivity (Wildman–Crippen MR) is 69.2 cm³/mol. The van der Waals surface area contributed by atoms with E-state index in [2.05, 4.69) is 5.32 Å². The third-order valence-corrected chi connectivity index (χ3v) is 2.45. The number of nitro benzene ring substituents is 1. The molecule has 0 aliphatic carbocycles. The van der Waals surface area contributed by atoms with Crippen LogP contribution in [0, 0.1) is 10.1 Å². The molecule has 0 atom stereocenters. The highest BCUT2D eigenvalue weighted by molar-refractivity contribution is 6.07. The van der Waals surface area contributed by atoms with E-state index in [0.29, 0.717) is 5.69 Å². The third-order valence-electron chi connectivity index (χ3n) is 2.45. The minimum absolute atomic E-state index is 0.186. The first-order valence-corrected chi connectivity index (χ1v) is 5.42. The van der Waals surface area contributed by atoms with Crippen molar-refractivity contribution >= 4 is 17.3 Å². The minimum Gasteiger partial charge on any atom is -0.508 e. The van der Waals surface area contributed by atoms with Crippen molar-refractivity contribution in [1.29, 1.82) is 0 Å². The molecule has 2 aromatic rings. The minimum atomic E-state index is -0.667. The molecule has 0 aliphatic heterocycles. The monoisotopic (exact) mass is 258 g/mol. The number of phenolic OH excluding ortho intramolecular Hbond substituents is 1. The first kappa shape index (κ1) is 12.6. The second-order valence-corrected chi connectivity index (χ2v) is 3.78. The van der Waals surface area contributed by atoms with E-state index in [1.54, 1.807) is 30.3 Å². The van der Waals surface area contributed by atoms with Gasteiger partial charge in [-0.3, -0.25) is 14.9 Å². The second kappa shape index (κ2) is 5.18. The molecule has 2 aromatic carbocycles. The van der Waals surface area contributed by atoms with Crippen LogP contribution in [-0.4, -0.2) is 15.9 Å². The Labute approximate surface area is 108 Å². The Hall–Kier alpha value is -2.89. The molecule has 0 aliphatic rings. The average molecular weight is 258 g/mol. The van der Waals surface area contributed by atoms with E-state index in [1.165, 1.54) is 0 Å². The maximum Gasteiger partial charge on any atom is 0.282 e. The van der Waals surface area contributed by atoms with Gasteiger partial charge in [0.25, 0.3) is 11.6 Å². The maximum atomic E-state index is 12.0.